The molecule has 0 aliphatic carbocycles. The predicted molar refractivity (Wildman–Crippen MR) is 88.5 cm³/mol. The molecule has 3 nitrogen and oxygen atoms in total. The van der Waals surface area contributed by atoms with Crippen LogP contribution in [0, 0.1) is 5.41 Å². The Hall–Kier alpha value is -1.35. The van der Waals surface area contributed by atoms with Crippen molar-refractivity contribution >= 4 is 11.6 Å². The van der Waals surface area contributed by atoms with Gasteiger partial charge < -0.3 is 10.2 Å². The summed E-state index contributed by atoms with van der Waals surface area (Å²) in [5.41, 5.74) is 2.50. The van der Waals surface area contributed by atoms with E-state index < -0.39 is 0 Å². The van der Waals surface area contributed by atoms with E-state index in [9.17, 15) is 4.79 Å². The van der Waals surface area contributed by atoms with Crippen molar-refractivity contribution in [2.45, 2.75) is 59.0 Å². The molecule has 3 heteroatoms. The van der Waals surface area contributed by atoms with Crippen LogP contribution in [0.2, 0.25) is 0 Å². The molecule has 0 bridgehead atoms. The number of carbonyl (C=O) groups is 1. The number of para-hydroxylation sites is 1. The highest BCUT2D eigenvalue weighted by Gasteiger charge is 2.34. The molecule has 1 amide bonds. The van der Waals surface area contributed by atoms with Crippen molar-refractivity contribution in [3.05, 3.63) is 29.8 Å². The molecule has 1 aliphatic heterocycles. The van der Waals surface area contributed by atoms with Crippen LogP contribution in [0.25, 0.3) is 0 Å². The Morgan fingerprint density at radius 3 is 2.43 bits per heavy atom. The molecule has 1 unspecified atom stereocenters. The largest absolute Gasteiger partial charge is 0.315 e. The molecular formula is C18H28N2O. The average molecular weight is 288 g/mol. The van der Waals surface area contributed by atoms with Crippen molar-refractivity contribution < 1.29 is 4.79 Å². The fourth-order valence-electron chi connectivity index (χ4n) is 3.62. The molecule has 1 aliphatic rings. The molecule has 1 heterocycles. The summed E-state index contributed by atoms with van der Waals surface area (Å²) in [6, 6.07) is 8.29. The number of fused-ring (bicyclic) bond motifs is 1. The number of carbonyl (C=O) groups excluding carboxylic acids is 1. The number of anilines is 1. The minimum atomic E-state index is -0.00772. The molecule has 1 aromatic carbocycles. The molecule has 0 saturated heterocycles. The van der Waals surface area contributed by atoms with Gasteiger partial charge in [-0.15, -0.1) is 0 Å². The number of rotatable bonds is 3. The van der Waals surface area contributed by atoms with Gasteiger partial charge in [0.15, 0.2) is 0 Å². The Morgan fingerprint density at radius 1 is 1.19 bits per heavy atom. The molecular weight excluding hydrogens is 260 g/mol. The first-order valence-corrected chi connectivity index (χ1v) is 7.72. The Labute approximate surface area is 128 Å². The molecule has 1 N–H and O–H groups in total. The van der Waals surface area contributed by atoms with E-state index in [0.29, 0.717) is 6.42 Å². The Bertz CT molecular complexity index is 528. The molecule has 116 valence electrons. The van der Waals surface area contributed by atoms with Crippen molar-refractivity contribution in [2.24, 2.45) is 5.41 Å². The van der Waals surface area contributed by atoms with Crippen LogP contribution in [-0.4, -0.2) is 18.5 Å². The Balaban J connectivity index is 2.25. The van der Waals surface area contributed by atoms with E-state index in [0.717, 1.165) is 12.1 Å². The quantitative estimate of drug-likeness (QED) is 0.915. The molecule has 2 rings (SSSR count). The van der Waals surface area contributed by atoms with Gasteiger partial charge in [-0.3, -0.25) is 4.79 Å². The first-order chi connectivity index (χ1) is 9.59. The second-order valence-electron chi connectivity index (χ2n) is 8.03. The summed E-state index contributed by atoms with van der Waals surface area (Å²) in [6.45, 7) is 11.2. The highest BCUT2D eigenvalue weighted by Crippen LogP contribution is 2.36. The van der Waals surface area contributed by atoms with E-state index >= 15 is 0 Å². The standard InChI is InChI=1S/C18H28N2O/c1-17(2,3)12-18(4,5)19-14-11-16(21)20(6)15-10-8-7-9-13(14)15/h7-10,14,19H,11-12H2,1-6H3. The number of benzene rings is 1. The van der Waals surface area contributed by atoms with E-state index in [1.807, 2.05) is 25.2 Å². The van der Waals surface area contributed by atoms with Crippen molar-refractivity contribution in [1.82, 2.24) is 5.32 Å². The lowest BCUT2D eigenvalue weighted by Gasteiger charge is -2.40. The van der Waals surface area contributed by atoms with E-state index in [1.54, 1.807) is 4.90 Å². The highest BCUT2D eigenvalue weighted by atomic mass is 16.2. The van der Waals surface area contributed by atoms with Crippen molar-refractivity contribution in [3.63, 3.8) is 0 Å². The van der Waals surface area contributed by atoms with Crippen molar-refractivity contribution in [2.75, 3.05) is 11.9 Å². The van der Waals surface area contributed by atoms with Crippen molar-refractivity contribution in [3.8, 4) is 0 Å². The molecule has 0 fully saturated rings. The molecule has 1 atom stereocenters. The maximum atomic E-state index is 12.2. The zero-order chi connectivity index (χ0) is 15.8. The number of nitrogens with one attached hydrogen (secondary N) is 1. The van der Waals surface area contributed by atoms with Crippen LogP contribution in [0.1, 0.15) is 59.1 Å². The summed E-state index contributed by atoms with van der Waals surface area (Å²) in [7, 11) is 1.86. The van der Waals surface area contributed by atoms with Gasteiger partial charge in [-0.2, -0.15) is 0 Å². The second kappa shape index (κ2) is 5.45. The van der Waals surface area contributed by atoms with Crippen LogP contribution in [0.4, 0.5) is 5.69 Å². The number of nitrogens with zero attached hydrogens (tertiary/aromatic N) is 1. The third-order valence-corrected chi connectivity index (χ3v) is 3.96. The first kappa shape index (κ1) is 16.0. The number of hydrogen-bond donors (Lipinski definition) is 1. The molecule has 1 aromatic rings. The average Bonchev–Trinajstić information content (AvgIpc) is 2.32. The summed E-state index contributed by atoms with van der Waals surface area (Å²) in [6.07, 6.45) is 1.59. The van der Waals surface area contributed by atoms with Gasteiger partial charge in [0.1, 0.15) is 0 Å². The molecule has 21 heavy (non-hydrogen) atoms. The lowest BCUT2D eigenvalue weighted by atomic mass is 9.80. The summed E-state index contributed by atoms with van der Waals surface area (Å²) >= 11 is 0. The van der Waals surface area contributed by atoms with Gasteiger partial charge in [0.2, 0.25) is 5.91 Å². The van der Waals surface area contributed by atoms with Crippen LogP contribution < -0.4 is 10.2 Å². The van der Waals surface area contributed by atoms with Gasteiger partial charge >= 0.3 is 0 Å². The SMILES string of the molecule is CN1C(=O)CC(NC(C)(C)CC(C)(C)C)c2ccccc21. The van der Waals surface area contributed by atoms with E-state index in [1.165, 1.54) is 5.56 Å². The Morgan fingerprint density at radius 2 is 1.81 bits per heavy atom. The number of hydrogen-bond acceptors (Lipinski definition) is 2. The van der Waals surface area contributed by atoms with Crippen LogP contribution >= 0.6 is 0 Å². The van der Waals surface area contributed by atoms with Crippen molar-refractivity contribution in [1.29, 1.82) is 0 Å². The van der Waals surface area contributed by atoms with Gasteiger partial charge in [-0.05, 0) is 37.3 Å². The van der Waals surface area contributed by atoms with E-state index in [-0.39, 0.29) is 22.9 Å². The fraction of sp³-hybridized carbons (Fsp3) is 0.611. The molecule has 0 aromatic heterocycles. The maximum Gasteiger partial charge on any atom is 0.228 e. The van der Waals surface area contributed by atoms with Gasteiger partial charge in [-0.1, -0.05) is 39.0 Å². The third kappa shape index (κ3) is 3.85. The van der Waals surface area contributed by atoms with Crippen LogP contribution in [0.3, 0.4) is 0 Å². The second-order valence-corrected chi connectivity index (χ2v) is 8.03. The summed E-state index contributed by atoms with van der Waals surface area (Å²) in [5, 5.41) is 3.71. The summed E-state index contributed by atoms with van der Waals surface area (Å²) < 4.78 is 0. The predicted octanol–water partition coefficient (Wildman–Crippen LogP) is 3.90. The zero-order valence-corrected chi connectivity index (χ0v) is 14.2. The molecule has 0 radical (unpaired) electrons. The highest BCUT2D eigenvalue weighted by molar-refractivity contribution is 5.96. The van der Waals surface area contributed by atoms with Crippen LogP contribution in [0.15, 0.2) is 24.3 Å². The minimum Gasteiger partial charge on any atom is -0.315 e. The van der Waals surface area contributed by atoms with Gasteiger partial charge in [0, 0.05) is 30.7 Å². The lowest BCUT2D eigenvalue weighted by molar-refractivity contribution is -0.119. The third-order valence-electron chi connectivity index (χ3n) is 3.96. The summed E-state index contributed by atoms with van der Waals surface area (Å²) in [4.78, 5) is 14.0. The van der Waals surface area contributed by atoms with Crippen LogP contribution in [0.5, 0.6) is 0 Å². The first-order valence-electron chi connectivity index (χ1n) is 7.72. The van der Waals surface area contributed by atoms with Gasteiger partial charge in [0.05, 0.1) is 0 Å². The smallest absolute Gasteiger partial charge is 0.228 e. The minimum absolute atomic E-state index is 0.00772. The fourth-order valence-corrected chi connectivity index (χ4v) is 3.62. The van der Waals surface area contributed by atoms with E-state index in [4.69, 9.17) is 0 Å². The lowest BCUT2D eigenvalue weighted by Crippen LogP contribution is -2.47. The zero-order valence-electron chi connectivity index (χ0n) is 14.2. The van der Waals surface area contributed by atoms with Gasteiger partial charge in [-0.25, -0.2) is 0 Å². The molecule has 0 spiro atoms. The van der Waals surface area contributed by atoms with E-state index in [2.05, 4.69) is 46.0 Å². The number of amides is 1. The van der Waals surface area contributed by atoms with Crippen LogP contribution in [-0.2, 0) is 4.79 Å². The van der Waals surface area contributed by atoms with Gasteiger partial charge in [0.25, 0.3) is 0 Å². The maximum absolute atomic E-state index is 12.2. The molecule has 0 saturated carbocycles. The monoisotopic (exact) mass is 288 g/mol. The summed E-state index contributed by atoms with van der Waals surface area (Å²) in [5.74, 6) is 0.178. The topological polar surface area (TPSA) is 32.3 Å². The normalized spacial score (nSPS) is 19.6. The Kier molecular flexibility index (Phi) is 4.16.